The van der Waals surface area contributed by atoms with Crippen molar-refractivity contribution < 1.29 is 57.6 Å². The van der Waals surface area contributed by atoms with Crippen LogP contribution in [0.2, 0.25) is 13.1 Å². The van der Waals surface area contributed by atoms with Gasteiger partial charge in [-0.15, -0.1) is 0 Å². The molecule has 6 saturated heterocycles. The van der Waals surface area contributed by atoms with Crippen molar-refractivity contribution in [2.75, 3.05) is 5.73 Å². The van der Waals surface area contributed by atoms with Gasteiger partial charge in [0.25, 0.3) is 0 Å². The second-order valence-corrected chi connectivity index (χ2v) is 52.1. The monoisotopic (exact) mass is 1330 g/mol. The van der Waals surface area contributed by atoms with Gasteiger partial charge in [-0.3, -0.25) is 0 Å². The summed E-state index contributed by atoms with van der Waals surface area (Å²) >= 11 is 0. The predicted octanol–water partition coefficient (Wildman–Crippen LogP) is 4.90. The van der Waals surface area contributed by atoms with Crippen molar-refractivity contribution >= 4 is 145 Å². The average molecular weight is 1340 g/mol. The van der Waals surface area contributed by atoms with E-state index in [0.29, 0.717) is 57.6 Å². The Morgan fingerprint density at radius 3 is 0.591 bits per heavy atom. The fourth-order valence-electron chi connectivity index (χ4n) is 11.9. The van der Waals surface area contributed by atoms with Gasteiger partial charge >= 0.3 is 87.6 Å². The molecule has 25 heteroatoms. The minimum atomic E-state index is -5.28. The van der Waals surface area contributed by atoms with E-state index in [1.165, 1.54) is 0 Å². The lowest BCUT2D eigenvalue weighted by Gasteiger charge is -2.61. The van der Waals surface area contributed by atoms with Crippen LogP contribution in [-0.2, 0) is 57.6 Å². The molecule has 0 spiro atoms. The molecule has 6 aliphatic heterocycles. The molecule has 15 nitrogen and oxygen atoms in total. The summed E-state index contributed by atoms with van der Waals surface area (Å²) < 4.78 is 120. The third kappa shape index (κ3) is 10.0. The summed E-state index contributed by atoms with van der Waals surface area (Å²) in [4.78, 5) is 0. The van der Waals surface area contributed by atoms with Crippen molar-refractivity contribution in [3.63, 3.8) is 0 Å². The molecule has 10 aromatic rings. The Morgan fingerprint density at radius 1 is 0.205 bits per heavy atom. The largest absolute Gasteiger partial charge is 0.515 e. The van der Waals surface area contributed by atoms with E-state index in [4.69, 9.17) is 63.3 Å². The lowest BCUT2D eigenvalue weighted by atomic mass is 10.2. The molecule has 8 bridgehead atoms. The van der Waals surface area contributed by atoms with Crippen LogP contribution in [-0.4, -0.2) is 87.6 Å². The highest BCUT2D eigenvalue weighted by molar-refractivity contribution is 7.14. The second-order valence-electron chi connectivity index (χ2n) is 22.2. The number of nitrogen functional groups attached to an aromatic ring is 1. The van der Waals surface area contributed by atoms with Crippen LogP contribution in [0.25, 0.3) is 0 Å². The summed E-state index contributed by atoms with van der Waals surface area (Å²) in [7, 11) is -50.5. The van der Waals surface area contributed by atoms with Crippen LogP contribution in [0.5, 0.6) is 0 Å². The van der Waals surface area contributed by atoms with Crippen molar-refractivity contribution in [3.05, 3.63) is 297 Å². The van der Waals surface area contributed by atoms with E-state index in [-0.39, 0.29) is 0 Å². The maximum absolute atomic E-state index is 8.65. The van der Waals surface area contributed by atoms with Gasteiger partial charge in [-0.1, -0.05) is 285 Å². The molecule has 16 rings (SSSR count). The van der Waals surface area contributed by atoms with Gasteiger partial charge in [0.1, 0.15) is 0 Å². The smallest absolute Gasteiger partial charge is 0.399 e. The molecule has 2 N–H and O–H groups in total. The first-order chi connectivity index (χ1) is 42.7. The topological polar surface area (TPSA) is 155 Å². The summed E-state index contributed by atoms with van der Waals surface area (Å²) in [6.45, 7) is 6.00. The van der Waals surface area contributed by atoms with Crippen LogP contribution in [0.4, 0.5) is 5.69 Å². The number of benzene rings is 10. The fourth-order valence-corrected chi connectivity index (χ4v) is 68.0. The zero-order chi connectivity index (χ0) is 59.8. The van der Waals surface area contributed by atoms with Gasteiger partial charge in [0.05, 0.1) is 0 Å². The SMILES string of the molecule is Cc1cccc([Si]2(C)O[Si]3(c4ccccc4)O[Si]4(c5ccccc5)O[Si]5(c6ccccc6)O[Si](C)(c6cccc(N)c6)O[Si]6(c7ccccc7)O[Si](c7ccccc7)(O[Si](c7ccccc7)(O2)O[Si](c2ccccc2)(O6)O[Si](c2ccccc2)(O3)O5)O4)c1. The molecule has 10 aromatic carbocycles. The molecular weight excluding hydrogens is 1280 g/mol. The predicted molar refractivity (Wildman–Crippen MR) is 354 cm³/mol. The van der Waals surface area contributed by atoms with Crippen molar-refractivity contribution in [3.8, 4) is 0 Å². The molecule has 0 amide bonds. The van der Waals surface area contributed by atoms with Crippen LogP contribution in [0.1, 0.15) is 5.56 Å². The molecule has 4 unspecified atom stereocenters. The number of aryl methyl sites for hydroxylation is 1. The van der Waals surface area contributed by atoms with Crippen molar-refractivity contribution in [1.29, 1.82) is 0 Å². The van der Waals surface area contributed by atoms with Gasteiger partial charge in [0.15, 0.2) is 0 Å². The van der Waals surface area contributed by atoms with Crippen molar-refractivity contribution in [2.24, 2.45) is 0 Å². The molecule has 6 fully saturated rings. The van der Waals surface area contributed by atoms with Crippen molar-refractivity contribution in [1.82, 2.24) is 0 Å². The van der Waals surface area contributed by atoms with E-state index in [0.717, 1.165) is 5.56 Å². The zero-order valence-corrected chi connectivity index (χ0v) is 58.0. The Bertz CT molecular complexity index is 3630. The van der Waals surface area contributed by atoms with Gasteiger partial charge in [0.2, 0.25) is 0 Å². The highest BCUT2D eigenvalue weighted by atomic mass is 28.6. The number of anilines is 1. The summed E-state index contributed by atoms with van der Waals surface area (Å²) in [6.07, 6.45) is 0. The van der Waals surface area contributed by atoms with Gasteiger partial charge in [-0.25, -0.2) is 0 Å². The van der Waals surface area contributed by atoms with Crippen LogP contribution in [0, 0.1) is 6.92 Å². The van der Waals surface area contributed by atoms with Gasteiger partial charge in [-0.2, -0.15) is 0 Å². The van der Waals surface area contributed by atoms with E-state index in [2.05, 4.69) is 6.07 Å². The van der Waals surface area contributed by atoms with Gasteiger partial charge in [0, 0.05) is 47.2 Å². The number of fused-ring (bicyclic) bond motifs is 4. The first kappa shape index (κ1) is 58.0. The number of hydrogen-bond acceptors (Lipinski definition) is 15. The van der Waals surface area contributed by atoms with Crippen LogP contribution in [0.3, 0.4) is 0 Å². The summed E-state index contributed by atoms with van der Waals surface area (Å²) in [5.41, 5.74) is 8.31. The molecule has 6 heterocycles. The molecule has 4 atom stereocenters. The molecule has 88 heavy (non-hydrogen) atoms. The highest BCUT2D eigenvalue weighted by Crippen LogP contribution is 2.47. The van der Waals surface area contributed by atoms with Crippen LogP contribution in [0.15, 0.2) is 291 Å². The van der Waals surface area contributed by atoms with Gasteiger partial charge in [-0.05, 0) is 42.5 Å². The minimum Gasteiger partial charge on any atom is -0.399 e. The third-order valence-electron chi connectivity index (χ3n) is 16.0. The Kier molecular flexibility index (Phi) is 14.7. The van der Waals surface area contributed by atoms with Crippen LogP contribution >= 0.6 is 0 Å². The van der Waals surface area contributed by atoms with E-state index in [1.54, 1.807) is 0 Å². The maximum atomic E-state index is 8.65. The summed E-state index contributed by atoms with van der Waals surface area (Å²) in [6, 6.07) is 93.0. The zero-order valence-electron chi connectivity index (χ0n) is 48.0. The van der Waals surface area contributed by atoms with E-state index >= 15 is 0 Å². The van der Waals surface area contributed by atoms with E-state index in [1.807, 2.05) is 305 Å². The van der Waals surface area contributed by atoms with E-state index in [9.17, 15) is 0 Å². The molecular formula is C63H59NO14Si10. The molecule has 0 aliphatic carbocycles. The second kappa shape index (κ2) is 22.2. The van der Waals surface area contributed by atoms with Gasteiger partial charge < -0.3 is 63.3 Å². The number of rotatable bonds is 10. The number of nitrogens with two attached hydrogens (primary N) is 1. The normalized spacial score (nSPS) is 32.6. The first-order valence-corrected chi connectivity index (χ1v) is 47.4. The Labute approximate surface area is 521 Å². The standard InChI is InChI=1S/C63H59NO14Si10/c1-52-30-28-48-62(50-52)79(2)65-81(54-32-12-4-13-33-54)69-85(58-40-20-8-21-41-58)73-83(56-36-16-6-17-37-56)67-80(3,63-49-29-31-53(64)51-63)68-84(57-38-18-7-19-39-57)75-87(77-85,60-44-24-10-25-45-60)71-82(66-79,55-34-14-5-15-35-55)72-88(76-84,61-46-26-11-27-47-61)78-86(70-81,74-83)59-42-22-9-23-43-59/h4-51H,64H2,1-3H3. The summed E-state index contributed by atoms with van der Waals surface area (Å²) in [5.74, 6) is 0. The molecule has 0 aromatic heterocycles. The molecule has 0 saturated carbocycles. The highest BCUT2D eigenvalue weighted by Gasteiger charge is 2.84. The summed E-state index contributed by atoms with van der Waals surface area (Å²) in [5, 5.41) is 5.26. The lowest BCUT2D eigenvalue weighted by Crippen LogP contribution is -2.94. The van der Waals surface area contributed by atoms with Crippen molar-refractivity contribution in [2.45, 2.75) is 20.0 Å². The fraction of sp³-hybridized carbons (Fsp3) is 0.0476. The van der Waals surface area contributed by atoms with Crippen LogP contribution < -0.4 is 57.6 Å². The Balaban J connectivity index is 1.24. The lowest BCUT2D eigenvalue weighted by molar-refractivity contribution is 0.0273. The molecule has 0 radical (unpaired) electrons. The molecule has 440 valence electrons. The minimum absolute atomic E-state index is 0.453. The Hall–Kier alpha value is -6.39. The number of hydrogen-bond donors (Lipinski definition) is 1. The maximum Gasteiger partial charge on any atom is 0.515 e. The first-order valence-electron chi connectivity index (χ1n) is 28.9. The Morgan fingerprint density at radius 2 is 0.386 bits per heavy atom. The van der Waals surface area contributed by atoms with E-state index < -0.39 is 87.6 Å². The average Bonchev–Trinajstić information content (AvgIpc) is 0.724. The third-order valence-corrected chi connectivity index (χ3v) is 59.0. The molecule has 6 aliphatic rings. The quantitative estimate of drug-likeness (QED) is 0.146.